The van der Waals surface area contributed by atoms with Crippen LogP contribution in [0.1, 0.15) is 36.7 Å². The maximum atomic E-state index is 11.5. The number of aliphatic carboxylic acids is 1. The fraction of sp³-hybridized carbons (Fsp3) is 0.538. The molecule has 1 fully saturated rings. The summed E-state index contributed by atoms with van der Waals surface area (Å²) in [6.45, 7) is 2.32. The second-order valence-electron chi connectivity index (χ2n) is 5.04. The maximum Gasteiger partial charge on any atom is 0.329 e. The Kier molecular flexibility index (Phi) is 3.87. The van der Waals surface area contributed by atoms with Gasteiger partial charge in [-0.15, -0.1) is 10.2 Å². The lowest BCUT2D eigenvalue weighted by molar-refractivity contribution is -0.143. The summed E-state index contributed by atoms with van der Waals surface area (Å²) < 4.78 is 0. The Morgan fingerprint density at radius 1 is 1.35 bits per heavy atom. The summed E-state index contributed by atoms with van der Waals surface area (Å²) >= 11 is 0. The van der Waals surface area contributed by atoms with Crippen molar-refractivity contribution in [3.05, 3.63) is 17.8 Å². The molecule has 2 N–H and O–H groups in total. The van der Waals surface area contributed by atoms with E-state index in [-0.39, 0.29) is 11.6 Å². The Labute approximate surface area is 117 Å². The van der Waals surface area contributed by atoms with E-state index >= 15 is 0 Å². The SMILES string of the molecule is CNC(=O)c1ccc(N2CCCCC2(C)C(=O)O)nn1. The van der Waals surface area contributed by atoms with Crippen LogP contribution in [-0.4, -0.2) is 46.3 Å². The van der Waals surface area contributed by atoms with Crippen LogP contribution in [0.5, 0.6) is 0 Å². The van der Waals surface area contributed by atoms with Gasteiger partial charge in [0.2, 0.25) is 0 Å². The summed E-state index contributed by atoms with van der Waals surface area (Å²) in [5, 5.41) is 19.8. The van der Waals surface area contributed by atoms with Crippen molar-refractivity contribution in [2.75, 3.05) is 18.5 Å². The Balaban J connectivity index is 2.29. The monoisotopic (exact) mass is 278 g/mol. The zero-order valence-corrected chi connectivity index (χ0v) is 11.6. The fourth-order valence-electron chi connectivity index (χ4n) is 2.43. The minimum Gasteiger partial charge on any atom is -0.480 e. The van der Waals surface area contributed by atoms with Gasteiger partial charge in [-0.05, 0) is 38.3 Å². The Bertz CT molecular complexity index is 517. The first-order chi connectivity index (χ1) is 9.49. The van der Waals surface area contributed by atoms with Crippen molar-refractivity contribution in [2.45, 2.75) is 31.7 Å². The van der Waals surface area contributed by atoms with Gasteiger partial charge in [-0.1, -0.05) is 0 Å². The summed E-state index contributed by atoms with van der Waals surface area (Å²) in [5.41, 5.74) is -0.758. The van der Waals surface area contributed by atoms with E-state index in [1.165, 1.54) is 7.05 Å². The van der Waals surface area contributed by atoms with Crippen LogP contribution >= 0.6 is 0 Å². The molecule has 0 spiro atoms. The third-order valence-electron chi connectivity index (χ3n) is 3.74. The normalized spacial score (nSPS) is 22.4. The van der Waals surface area contributed by atoms with Gasteiger partial charge >= 0.3 is 5.97 Å². The van der Waals surface area contributed by atoms with Crippen molar-refractivity contribution in [3.8, 4) is 0 Å². The molecule has 2 rings (SSSR count). The van der Waals surface area contributed by atoms with Crippen molar-refractivity contribution >= 4 is 17.7 Å². The molecule has 0 aromatic carbocycles. The highest BCUT2D eigenvalue weighted by atomic mass is 16.4. The molecule has 7 heteroatoms. The molecule has 0 bridgehead atoms. The number of hydrogen-bond donors (Lipinski definition) is 2. The maximum absolute atomic E-state index is 11.5. The van der Waals surface area contributed by atoms with Gasteiger partial charge in [0.1, 0.15) is 5.54 Å². The molecule has 0 saturated carbocycles. The molecule has 7 nitrogen and oxygen atoms in total. The molecular weight excluding hydrogens is 260 g/mol. The smallest absolute Gasteiger partial charge is 0.329 e. The summed E-state index contributed by atoms with van der Waals surface area (Å²) in [4.78, 5) is 24.7. The molecule has 1 atom stereocenters. The van der Waals surface area contributed by atoms with E-state index in [0.29, 0.717) is 18.8 Å². The molecule has 20 heavy (non-hydrogen) atoms. The van der Waals surface area contributed by atoms with E-state index in [1.807, 2.05) is 0 Å². The first kappa shape index (κ1) is 14.2. The number of rotatable bonds is 3. The van der Waals surface area contributed by atoms with E-state index in [1.54, 1.807) is 24.0 Å². The Morgan fingerprint density at radius 2 is 2.10 bits per heavy atom. The van der Waals surface area contributed by atoms with E-state index in [0.717, 1.165) is 12.8 Å². The van der Waals surface area contributed by atoms with Crippen LogP contribution in [0.2, 0.25) is 0 Å². The van der Waals surface area contributed by atoms with E-state index in [2.05, 4.69) is 15.5 Å². The van der Waals surface area contributed by atoms with Crippen LogP contribution in [0.3, 0.4) is 0 Å². The fourth-order valence-corrected chi connectivity index (χ4v) is 2.43. The number of carboxylic acids is 1. The van der Waals surface area contributed by atoms with Crippen molar-refractivity contribution < 1.29 is 14.7 Å². The van der Waals surface area contributed by atoms with Gasteiger partial charge in [-0.2, -0.15) is 0 Å². The summed E-state index contributed by atoms with van der Waals surface area (Å²) in [6.07, 6.45) is 2.37. The first-order valence-electron chi connectivity index (χ1n) is 6.56. The predicted molar refractivity (Wildman–Crippen MR) is 72.7 cm³/mol. The zero-order valence-electron chi connectivity index (χ0n) is 11.6. The number of carboxylic acid groups (broad SMARTS) is 1. The van der Waals surface area contributed by atoms with Crippen LogP contribution in [0.15, 0.2) is 12.1 Å². The molecule has 1 unspecified atom stereocenters. The van der Waals surface area contributed by atoms with Gasteiger partial charge in [0, 0.05) is 13.6 Å². The minimum atomic E-state index is -0.971. The van der Waals surface area contributed by atoms with Crippen LogP contribution < -0.4 is 10.2 Å². The molecule has 0 radical (unpaired) electrons. The average Bonchev–Trinajstić information content (AvgIpc) is 2.47. The molecule has 2 heterocycles. The summed E-state index contributed by atoms with van der Waals surface area (Å²) in [7, 11) is 1.52. The van der Waals surface area contributed by atoms with Crippen LogP contribution in [0.25, 0.3) is 0 Å². The van der Waals surface area contributed by atoms with E-state index in [4.69, 9.17) is 0 Å². The Morgan fingerprint density at radius 3 is 2.65 bits per heavy atom. The van der Waals surface area contributed by atoms with Gasteiger partial charge in [0.25, 0.3) is 5.91 Å². The van der Waals surface area contributed by atoms with Crippen molar-refractivity contribution in [2.24, 2.45) is 0 Å². The summed E-state index contributed by atoms with van der Waals surface area (Å²) in [5.74, 6) is -0.694. The number of amides is 1. The number of nitrogens with zero attached hydrogens (tertiary/aromatic N) is 3. The third-order valence-corrected chi connectivity index (χ3v) is 3.74. The van der Waals surface area contributed by atoms with Crippen LogP contribution in [0.4, 0.5) is 5.82 Å². The number of hydrogen-bond acceptors (Lipinski definition) is 5. The van der Waals surface area contributed by atoms with Crippen molar-refractivity contribution in [1.82, 2.24) is 15.5 Å². The molecule has 1 amide bonds. The van der Waals surface area contributed by atoms with Crippen molar-refractivity contribution in [1.29, 1.82) is 0 Å². The lowest BCUT2D eigenvalue weighted by Crippen LogP contribution is -2.55. The van der Waals surface area contributed by atoms with Crippen molar-refractivity contribution in [3.63, 3.8) is 0 Å². The Hall–Kier alpha value is -2.18. The minimum absolute atomic E-state index is 0.213. The largest absolute Gasteiger partial charge is 0.480 e. The molecular formula is C13H18N4O3. The average molecular weight is 278 g/mol. The van der Waals surface area contributed by atoms with E-state index in [9.17, 15) is 14.7 Å². The van der Waals surface area contributed by atoms with E-state index < -0.39 is 11.5 Å². The lowest BCUT2D eigenvalue weighted by atomic mass is 9.88. The summed E-state index contributed by atoms with van der Waals surface area (Å²) in [6, 6.07) is 3.20. The predicted octanol–water partition coefficient (Wildman–Crippen LogP) is 0.670. The highest BCUT2D eigenvalue weighted by Gasteiger charge is 2.42. The highest BCUT2D eigenvalue weighted by Crippen LogP contribution is 2.31. The standard InChI is InChI=1S/C13H18N4O3/c1-13(12(19)20)7-3-4-8-17(13)10-6-5-9(15-16-10)11(18)14-2/h5-6H,3-4,7-8H2,1-2H3,(H,14,18)(H,19,20). The lowest BCUT2D eigenvalue weighted by Gasteiger charge is -2.42. The number of carbonyl (C=O) groups is 2. The number of anilines is 1. The second kappa shape index (κ2) is 5.44. The van der Waals surface area contributed by atoms with Crippen LogP contribution in [0, 0.1) is 0 Å². The quantitative estimate of drug-likeness (QED) is 0.843. The van der Waals surface area contributed by atoms with Gasteiger partial charge < -0.3 is 15.3 Å². The highest BCUT2D eigenvalue weighted by molar-refractivity contribution is 5.92. The van der Waals surface area contributed by atoms with Crippen LogP contribution in [-0.2, 0) is 4.79 Å². The molecule has 1 aromatic heterocycles. The molecule has 1 aliphatic rings. The van der Waals surface area contributed by atoms with Gasteiger partial charge in [-0.25, -0.2) is 4.79 Å². The molecule has 108 valence electrons. The molecule has 1 aliphatic heterocycles. The number of piperidine rings is 1. The van der Waals surface area contributed by atoms with Gasteiger partial charge in [0.15, 0.2) is 11.5 Å². The molecule has 1 saturated heterocycles. The van der Waals surface area contributed by atoms with Gasteiger partial charge in [0.05, 0.1) is 0 Å². The second-order valence-corrected chi connectivity index (χ2v) is 5.04. The zero-order chi connectivity index (χ0) is 14.8. The third kappa shape index (κ3) is 2.43. The number of nitrogens with one attached hydrogen (secondary N) is 1. The molecule has 1 aromatic rings. The topological polar surface area (TPSA) is 95.4 Å². The van der Waals surface area contributed by atoms with Gasteiger partial charge in [-0.3, -0.25) is 4.79 Å². The molecule has 0 aliphatic carbocycles. The number of carbonyl (C=O) groups excluding carboxylic acids is 1. The first-order valence-corrected chi connectivity index (χ1v) is 6.56. The number of aromatic nitrogens is 2.